The van der Waals surface area contributed by atoms with Crippen molar-refractivity contribution in [2.75, 3.05) is 20.3 Å². The molecule has 1 N–H and O–H groups in total. The van der Waals surface area contributed by atoms with E-state index >= 15 is 0 Å². The van der Waals surface area contributed by atoms with Gasteiger partial charge in [-0.3, -0.25) is 9.59 Å². The van der Waals surface area contributed by atoms with Crippen LogP contribution in [0.1, 0.15) is 40.5 Å². The number of pyridine rings is 1. The Labute approximate surface area is 227 Å². The number of hydrogen-bond donors (Lipinski definition) is 1. The maximum atomic E-state index is 13.4. The van der Waals surface area contributed by atoms with Crippen LogP contribution in [-0.4, -0.2) is 51.3 Å². The predicted octanol–water partition coefficient (Wildman–Crippen LogP) is 4.99. The lowest BCUT2D eigenvalue weighted by Crippen LogP contribution is -2.31. The fraction of sp³-hybridized carbons (Fsp3) is 0.258. The number of hydrogen-bond acceptors (Lipinski definition) is 6. The number of rotatable bonds is 9. The van der Waals surface area contributed by atoms with Crippen molar-refractivity contribution in [2.45, 2.75) is 32.9 Å². The summed E-state index contributed by atoms with van der Waals surface area (Å²) in [5.74, 6) is -1.09. The van der Waals surface area contributed by atoms with Gasteiger partial charge in [-0.05, 0) is 55.2 Å². The topological polar surface area (TPSA) is 93.4 Å². The Hall–Kier alpha value is -4.43. The van der Waals surface area contributed by atoms with Gasteiger partial charge in [0.2, 0.25) is 0 Å². The first kappa shape index (κ1) is 26.2. The number of carbonyl (C=O) groups excluding carboxylic acids is 2. The summed E-state index contributed by atoms with van der Waals surface area (Å²) in [6.07, 6.45) is 2.40. The molecule has 4 aromatic rings. The first-order valence-corrected chi connectivity index (χ1v) is 12.9. The molecule has 2 aromatic heterocycles. The number of aromatic nitrogens is 2. The lowest BCUT2D eigenvalue weighted by molar-refractivity contribution is -0.140. The number of amides is 1. The Morgan fingerprint density at radius 2 is 1.82 bits per heavy atom. The molecule has 0 bridgehead atoms. The minimum Gasteiger partial charge on any atom is -0.505 e. The van der Waals surface area contributed by atoms with Gasteiger partial charge in [0, 0.05) is 26.5 Å². The van der Waals surface area contributed by atoms with Gasteiger partial charge >= 0.3 is 0 Å². The number of methoxy groups -OCH3 is 1. The van der Waals surface area contributed by atoms with Crippen LogP contribution in [0.3, 0.4) is 0 Å². The minimum atomic E-state index is -0.799. The summed E-state index contributed by atoms with van der Waals surface area (Å²) in [5, 5.41) is 11.6. The van der Waals surface area contributed by atoms with Crippen molar-refractivity contribution in [1.82, 2.24) is 14.3 Å². The number of aliphatic hydroxyl groups excluding tert-OH is 1. The molecular weight excluding hydrogens is 494 g/mol. The van der Waals surface area contributed by atoms with Crippen LogP contribution in [0.5, 0.6) is 5.75 Å². The van der Waals surface area contributed by atoms with Gasteiger partial charge in [0.05, 0.1) is 17.3 Å². The Bertz CT molecular complexity index is 1560. The molecule has 3 heterocycles. The Balaban J connectivity index is 1.58. The number of nitrogens with zero attached hydrogens (tertiary/aromatic N) is 3. The molecule has 1 amide bonds. The number of likely N-dealkylation sites (tertiary alicyclic amines) is 1. The van der Waals surface area contributed by atoms with E-state index in [4.69, 9.17) is 9.47 Å². The smallest absolute Gasteiger partial charge is 0.295 e. The Morgan fingerprint density at radius 3 is 2.56 bits per heavy atom. The van der Waals surface area contributed by atoms with Gasteiger partial charge in [-0.25, -0.2) is 4.98 Å². The third-order valence-corrected chi connectivity index (χ3v) is 7.02. The second-order valence-electron chi connectivity index (χ2n) is 9.62. The van der Waals surface area contributed by atoms with Crippen LogP contribution < -0.4 is 4.74 Å². The van der Waals surface area contributed by atoms with Crippen molar-refractivity contribution in [3.63, 3.8) is 0 Å². The molecule has 0 radical (unpaired) electrons. The van der Waals surface area contributed by atoms with Gasteiger partial charge < -0.3 is 23.9 Å². The summed E-state index contributed by atoms with van der Waals surface area (Å²) in [7, 11) is 1.59. The Morgan fingerprint density at radius 1 is 1.03 bits per heavy atom. The molecule has 8 heteroatoms. The molecule has 1 saturated heterocycles. The van der Waals surface area contributed by atoms with Crippen LogP contribution in [0.25, 0.3) is 11.4 Å². The second-order valence-corrected chi connectivity index (χ2v) is 9.62. The fourth-order valence-electron chi connectivity index (χ4n) is 5.03. The van der Waals surface area contributed by atoms with Gasteiger partial charge in [-0.1, -0.05) is 48.5 Å². The standard InChI is InChI=1S/C31H31N3O5/c1-20-10-8-15-33-21(2)26(32-30(20)33)28(35)25-27(34(16-9-17-38-3)31(37)29(25)36)23-13-7-14-24(18-23)39-19-22-11-5-4-6-12-22/h4-8,10-15,18,27,35H,9,16-17,19H2,1-3H3/b28-25+. The zero-order chi connectivity index (χ0) is 27.5. The molecule has 1 aliphatic rings. The SMILES string of the molecule is COCCCN1C(=O)C(=O)/C(=C(/O)c2nc3c(C)cccn3c2C)C1c1cccc(OCc2ccccc2)c1. The van der Waals surface area contributed by atoms with Crippen molar-refractivity contribution < 1.29 is 24.2 Å². The summed E-state index contributed by atoms with van der Waals surface area (Å²) in [6.45, 7) is 4.86. The molecule has 5 rings (SSSR count). The number of benzene rings is 2. The molecule has 1 fully saturated rings. The third kappa shape index (κ3) is 5.03. The van der Waals surface area contributed by atoms with Crippen molar-refractivity contribution in [2.24, 2.45) is 0 Å². The van der Waals surface area contributed by atoms with E-state index in [1.54, 1.807) is 7.11 Å². The molecule has 1 aliphatic heterocycles. The van der Waals surface area contributed by atoms with Crippen LogP contribution in [-0.2, 0) is 20.9 Å². The average Bonchev–Trinajstić information content (AvgIpc) is 3.42. The molecule has 2 aromatic carbocycles. The van der Waals surface area contributed by atoms with Crippen LogP contribution >= 0.6 is 0 Å². The predicted molar refractivity (Wildman–Crippen MR) is 147 cm³/mol. The van der Waals surface area contributed by atoms with Crippen molar-refractivity contribution in [3.05, 3.63) is 107 Å². The number of aliphatic hydroxyl groups is 1. The summed E-state index contributed by atoms with van der Waals surface area (Å²) in [5.41, 5.74) is 4.26. The first-order valence-electron chi connectivity index (χ1n) is 12.9. The minimum absolute atomic E-state index is 0.0155. The van der Waals surface area contributed by atoms with Crippen LogP contribution in [0, 0.1) is 13.8 Å². The van der Waals surface area contributed by atoms with Crippen molar-refractivity contribution >= 4 is 23.1 Å². The van der Waals surface area contributed by atoms with Gasteiger partial charge in [0.15, 0.2) is 5.76 Å². The van der Waals surface area contributed by atoms with E-state index < -0.39 is 17.7 Å². The summed E-state index contributed by atoms with van der Waals surface area (Å²) in [4.78, 5) is 32.9. The second kappa shape index (κ2) is 11.1. The van der Waals surface area contributed by atoms with E-state index in [0.29, 0.717) is 42.3 Å². The highest BCUT2D eigenvalue weighted by molar-refractivity contribution is 6.46. The van der Waals surface area contributed by atoms with E-state index in [1.807, 2.05) is 91.2 Å². The number of carbonyl (C=O) groups is 2. The van der Waals surface area contributed by atoms with E-state index in [2.05, 4.69) is 4.98 Å². The molecule has 39 heavy (non-hydrogen) atoms. The van der Waals surface area contributed by atoms with Gasteiger partial charge in [-0.15, -0.1) is 0 Å². The largest absolute Gasteiger partial charge is 0.505 e. The molecule has 1 atom stereocenters. The molecule has 0 aliphatic carbocycles. The number of ketones is 1. The summed E-state index contributed by atoms with van der Waals surface area (Å²) in [6, 6.07) is 20.1. The molecule has 0 saturated carbocycles. The van der Waals surface area contributed by atoms with E-state index in [1.165, 1.54) is 4.90 Å². The van der Waals surface area contributed by atoms with Crippen LogP contribution in [0.2, 0.25) is 0 Å². The quantitative estimate of drug-likeness (QED) is 0.143. The average molecular weight is 526 g/mol. The summed E-state index contributed by atoms with van der Waals surface area (Å²) < 4.78 is 13.1. The van der Waals surface area contributed by atoms with Gasteiger partial charge in [0.25, 0.3) is 11.7 Å². The third-order valence-electron chi connectivity index (χ3n) is 7.02. The number of Topliss-reactive ketones (excluding diaryl/α,β-unsaturated/α-hetero) is 1. The highest BCUT2D eigenvalue weighted by Crippen LogP contribution is 2.40. The van der Waals surface area contributed by atoms with E-state index in [-0.39, 0.29) is 23.6 Å². The number of imidazole rings is 1. The lowest BCUT2D eigenvalue weighted by Gasteiger charge is -2.25. The normalized spacial score (nSPS) is 16.8. The van der Waals surface area contributed by atoms with Crippen LogP contribution in [0.15, 0.2) is 78.5 Å². The zero-order valence-corrected chi connectivity index (χ0v) is 22.3. The first-order chi connectivity index (χ1) is 18.9. The highest BCUT2D eigenvalue weighted by atomic mass is 16.5. The molecule has 0 spiro atoms. The van der Waals surface area contributed by atoms with E-state index in [9.17, 15) is 14.7 Å². The zero-order valence-electron chi connectivity index (χ0n) is 22.3. The van der Waals surface area contributed by atoms with Crippen LogP contribution in [0.4, 0.5) is 0 Å². The van der Waals surface area contributed by atoms with Gasteiger partial charge in [0.1, 0.15) is 23.7 Å². The Kier molecular flexibility index (Phi) is 7.47. The number of ether oxygens (including phenoxy) is 2. The number of fused-ring (bicyclic) bond motifs is 1. The summed E-state index contributed by atoms with van der Waals surface area (Å²) >= 11 is 0. The number of aryl methyl sites for hydroxylation is 2. The highest BCUT2D eigenvalue weighted by Gasteiger charge is 2.46. The molecule has 1 unspecified atom stereocenters. The maximum absolute atomic E-state index is 13.4. The van der Waals surface area contributed by atoms with Crippen molar-refractivity contribution in [3.8, 4) is 5.75 Å². The molecule has 8 nitrogen and oxygen atoms in total. The lowest BCUT2D eigenvalue weighted by atomic mass is 9.96. The fourth-order valence-corrected chi connectivity index (χ4v) is 5.03. The molecule has 200 valence electrons. The van der Waals surface area contributed by atoms with Gasteiger partial charge in [-0.2, -0.15) is 0 Å². The van der Waals surface area contributed by atoms with E-state index in [0.717, 1.165) is 11.1 Å². The maximum Gasteiger partial charge on any atom is 0.295 e. The molecular formula is C31H31N3O5. The monoisotopic (exact) mass is 525 g/mol. The van der Waals surface area contributed by atoms with Crippen molar-refractivity contribution in [1.29, 1.82) is 0 Å².